The predicted octanol–water partition coefficient (Wildman–Crippen LogP) is 0.309. The molecule has 0 fully saturated rings. The van der Waals surface area contributed by atoms with E-state index in [4.69, 9.17) is 11.5 Å². The summed E-state index contributed by atoms with van der Waals surface area (Å²) in [6.45, 7) is 0. The number of carbonyl (C=O) groups excluding carboxylic acids is 1. The Morgan fingerprint density at radius 1 is 1.20 bits per heavy atom. The van der Waals surface area contributed by atoms with E-state index in [1.165, 1.54) is 6.07 Å². The molecular weight excluding hydrogens is 128 g/mol. The summed E-state index contributed by atoms with van der Waals surface area (Å²) in [5, 5.41) is 0. The van der Waals surface area contributed by atoms with E-state index in [1.807, 2.05) is 0 Å². The number of hydrogen-bond donors (Lipinski definition) is 2. The van der Waals surface area contributed by atoms with Crippen LogP contribution in [0.15, 0.2) is 18.2 Å². The van der Waals surface area contributed by atoms with Crippen LogP contribution in [0.4, 0.5) is 11.4 Å². The maximum atomic E-state index is 10.0. The fraction of sp³-hybridized carbons (Fsp3) is 0. The van der Waals surface area contributed by atoms with Crippen molar-refractivity contribution in [1.82, 2.24) is 0 Å². The zero-order valence-electron chi connectivity index (χ0n) is 5.29. The van der Waals surface area contributed by atoms with E-state index >= 15 is 0 Å². The highest BCUT2D eigenvalue weighted by Gasteiger charge is 1.94. The molecule has 0 bridgehead atoms. The van der Waals surface area contributed by atoms with Crippen LogP contribution in [0.3, 0.4) is 0 Å². The molecule has 0 aromatic heterocycles. The van der Waals surface area contributed by atoms with Gasteiger partial charge in [-0.05, 0) is 18.2 Å². The van der Waals surface area contributed by atoms with E-state index in [2.05, 4.69) is 0 Å². The molecule has 0 spiro atoms. The molecule has 1 rings (SSSR count). The second kappa shape index (κ2) is 2.39. The number of nitrogens with two attached hydrogens (primary N) is 2. The van der Waals surface area contributed by atoms with Crippen molar-refractivity contribution in [2.24, 2.45) is 0 Å². The van der Waals surface area contributed by atoms with E-state index in [9.17, 15) is 4.79 Å². The number of anilines is 2. The Morgan fingerprint density at radius 2 is 1.90 bits per heavy atom. The third kappa shape index (κ3) is 1.07. The smallest absolute Gasteiger partial charge is 0.233 e. The van der Waals surface area contributed by atoms with Crippen molar-refractivity contribution in [3.05, 3.63) is 23.8 Å². The van der Waals surface area contributed by atoms with E-state index < -0.39 is 0 Å². The summed E-state index contributed by atoms with van der Waals surface area (Å²) in [7, 11) is 0. The number of benzene rings is 1. The molecule has 51 valence electrons. The number of nitrogen functional groups attached to an aromatic ring is 2. The molecule has 0 aliphatic rings. The summed E-state index contributed by atoms with van der Waals surface area (Å²) >= 11 is 0. The fourth-order valence-corrected chi connectivity index (χ4v) is 0.638. The second-order valence-corrected chi connectivity index (χ2v) is 1.95. The van der Waals surface area contributed by atoms with Crippen LogP contribution in [0.25, 0.3) is 0 Å². The molecule has 4 N–H and O–H groups in total. The largest absolute Gasteiger partial charge is 0.397 e. The van der Waals surface area contributed by atoms with E-state index in [-0.39, 0.29) is 0 Å². The minimum Gasteiger partial charge on any atom is -0.397 e. The lowest BCUT2D eigenvalue weighted by Crippen LogP contribution is -1.95. The monoisotopic (exact) mass is 135 g/mol. The first-order valence-electron chi connectivity index (χ1n) is 2.77. The Balaban J connectivity index is 3.16. The lowest BCUT2D eigenvalue weighted by molar-refractivity contribution is 0.563. The van der Waals surface area contributed by atoms with Gasteiger partial charge in [0.25, 0.3) is 0 Å². The topological polar surface area (TPSA) is 69.1 Å². The van der Waals surface area contributed by atoms with Crippen molar-refractivity contribution in [3.8, 4) is 0 Å². The summed E-state index contributed by atoms with van der Waals surface area (Å²) in [6.07, 6.45) is 1.71. The van der Waals surface area contributed by atoms with Crippen molar-refractivity contribution in [2.45, 2.75) is 0 Å². The van der Waals surface area contributed by atoms with Crippen molar-refractivity contribution in [3.63, 3.8) is 0 Å². The third-order valence-electron chi connectivity index (χ3n) is 1.20. The molecule has 1 radical (unpaired) electrons. The predicted molar refractivity (Wildman–Crippen MR) is 40.1 cm³/mol. The van der Waals surface area contributed by atoms with Crippen LogP contribution in [0.2, 0.25) is 0 Å². The molecule has 1 aromatic rings. The molecule has 0 heterocycles. The minimum absolute atomic E-state index is 0.417. The molecule has 0 atom stereocenters. The lowest BCUT2D eigenvalue weighted by Gasteiger charge is -1.97. The minimum atomic E-state index is 0.417. The van der Waals surface area contributed by atoms with Crippen molar-refractivity contribution in [2.75, 3.05) is 11.5 Å². The van der Waals surface area contributed by atoms with Gasteiger partial charge in [0.05, 0.1) is 11.4 Å². The van der Waals surface area contributed by atoms with Gasteiger partial charge in [-0.2, -0.15) is 0 Å². The highest BCUT2D eigenvalue weighted by atomic mass is 16.1. The van der Waals surface area contributed by atoms with Crippen LogP contribution < -0.4 is 11.5 Å². The number of hydrogen-bond acceptors (Lipinski definition) is 3. The highest BCUT2D eigenvalue weighted by Crippen LogP contribution is 2.14. The van der Waals surface area contributed by atoms with Gasteiger partial charge in [-0.1, -0.05) is 0 Å². The Bertz CT molecular complexity index is 258. The van der Waals surface area contributed by atoms with Gasteiger partial charge in [-0.25, -0.2) is 0 Å². The quantitative estimate of drug-likeness (QED) is 0.544. The maximum absolute atomic E-state index is 10.0. The zero-order chi connectivity index (χ0) is 7.56. The van der Waals surface area contributed by atoms with Crippen LogP contribution in [-0.2, 0) is 4.79 Å². The Kier molecular flexibility index (Phi) is 1.58. The summed E-state index contributed by atoms with van der Waals surface area (Å²) < 4.78 is 0. The van der Waals surface area contributed by atoms with Gasteiger partial charge in [0.15, 0.2) is 0 Å². The van der Waals surface area contributed by atoms with Crippen LogP contribution in [0, 0.1) is 0 Å². The fourth-order valence-electron chi connectivity index (χ4n) is 0.638. The first-order valence-corrected chi connectivity index (χ1v) is 2.77. The van der Waals surface area contributed by atoms with Crippen LogP contribution in [0.1, 0.15) is 5.56 Å². The van der Waals surface area contributed by atoms with Crippen LogP contribution in [-0.4, -0.2) is 6.29 Å². The van der Waals surface area contributed by atoms with Gasteiger partial charge in [-0.15, -0.1) is 0 Å². The van der Waals surface area contributed by atoms with Crippen molar-refractivity contribution in [1.29, 1.82) is 0 Å². The van der Waals surface area contributed by atoms with Gasteiger partial charge in [-0.3, -0.25) is 4.79 Å². The third-order valence-corrected chi connectivity index (χ3v) is 1.20. The van der Waals surface area contributed by atoms with Crippen LogP contribution in [0.5, 0.6) is 0 Å². The first kappa shape index (κ1) is 6.61. The molecule has 0 saturated heterocycles. The van der Waals surface area contributed by atoms with Crippen LogP contribution >= 0.6 is 0 Å². The van der Waals surface area contributed by atoms with Gasteiger partial charge in [0.1, 0.15) is 0 Å². The molecular formula is C7H7N2O. The highest BCUT2D eigenvalue weighted by molar-refractivity contribution is 5.80. The lowest BCUT2D eigenvalue weighted by atomic mass is 10.2. The summed E-state index contributed by atoms with van der Waals surface area (Å²) in [5.74, 6) is 0. The normalized spacial score (nSPS) is 9.20. The Labute approximate surface area is 58.6 Å². The van der Waals surface area contributed by atoms with Gasteiger partial charge in [0, 0.05) is 5.56 Å². The Hall–Kier alpha value is -1.51. The molecule has 10 heavy (non-hydrogen) atoms. The van der Waals surface area contributed by atoms with E-state index in [1.54, 1.807) is 18.4 Å². The SMILES string of the molecule is Nc1ccc([C]=O)cc1N. The molecule has 0 amide bonds. The molecule has 3 heteroatoms. The first-order chi connectivity index (χ1) is 4.74. The van der Waals surface area contributed by atoms with Crippen molar-refractivity contribution >= 4 is 17.7 Å². The standard InChI is InChI=1S/C7H7N2O/c8-6-2-1-5(4-10)3-7(6)9/h1-3H,8-9H2. The average Bonchev–Trinajstić information content (AvgIpc) is 1.95. The maximum Gasteiger partial charge on any atom is 0.233 e. The Morgan fingerprint density at radius 3 is 2.40 bits per heavy atom. The molecule has 1 aromatic carbocycles. The zero-order valence-corrected chi connectivity index (χ0v) is 5.29. The second-order valence-electron chi connectivity index (χ2n) is 1.95. The van der Waals surface area contributed by atoms with Gasteiger partial charge >= 0.3 is 0 Å². The number of rotatable bonds is 1. The molecule has 0 saturated carbocycles. The summed E-state index contributed by atoms with van der Waals surface area (Å²) in [4.78, 5) is 10.0. The average molecular weight is 135 g/mol. The molecule has 0 unspecified atom stereocenters. The summed E-state index contributed by atoms with van der Waals surface area (Å²) in [5.41, 5.74) is 12.1. The van der Waals surface area contributed by atoms with E-state index in [0.717, 1.165) is 0 Å². The van der Waals surface area contributed by atoms with Gasteiger partial charge < -0.3 is 11.5 Å². The summed E-state index contributed by atoms with van der Waals surface area (Å²) in [6, 6.07) is 4.64. The van der Waals surface area contributed by atoms with Gasteiger partial charge in [0.2, 0.25) is 6.29 Å². The van der Waals surface area contributed by atoms with E-state index in [0.29, 0.717) is 16.9 Å². The molecule has 0 aliphatic carbocycles. The molecule has 0 aliphatic heterocycles. The molecule has 3 nitrogen and oxygen atoms in total. The van der Waals surface area contributed by atoms with Crippen molar-refractivity contribution < 1.29 is 4.79 Å².